The van der Waals surface area contributed by atoms with Crippen LogP contribution in [0.2, 0.25) is 0 Å². The fraction of sp³-hybridized carbons (Fsp3) is 0.462. The van der Waals surface area contributed by atoms with Crippen molar-refractivity contribution in [3.8, 4) is 0 Å². The van der Waals surface area contributed by atoms with E-state index in [0.717, 1.165) is 12.8 Å². The maximum atomic E-state index is 10.9. The number of hydrogen-bond acceptors (Lipinski definition) is 1. The Morgan fingerprint density at radius 2 is 1.87 bits per heavy atom. The van der Waals surface area contributed by atoms with Crippen LogP contribution in [0.4, 0.5) is 0 Å². The van der Waals surface area contributed by atoms with Gasteiger partial charge >= 0.3 is 5.97 Å². The maximum Gasteiger partial charge on any atom is 0.304 e. The quantitative estimate of drug-likeness (QED) is 0.822. The Hall–Kier alpha value is -1.31. The summed E-state index contributed by atoms with van der Waals surface area (Å²) < 4.78 is 0. The van der Waals surface area contributed by atoms with Gasteiger partial charge in [-0.05, 0) is 43.4 Å². The van der Waals surface area contributed by atoms with E-state index in [1.807, 2.05) is 6.07 Å². The Morgan fingerprint density at radius 3 is 2.27 bits per heavy atom. The highest BCUT2D eigenvalue weighted by atomic mass is 16.4. The van der Waals surface area contributed by atoms with Crippen LogP contribution in [0.5, 0.6) is 0 Å². The summed E-state index contributed by atoms with van der Waals surface area (Å²) in [6, 6.07) is 6.18. The van der Waals surface area contributed by atoms with Crippen molar-refractivity contribution in [1.82, 2.24) is 0 Å². The van der Waals surface area contributed by atoms with E-state index >= 15 is 0 Å². The highest BCUT2D eigenvalue weighted by Crippen LogP contribution is 2.53. The van der Waals surface area contributed by atoms with Crippen molar-refractivity contribution < 1.29 is 9.90 Å². The Bertz CT molecular complexity index is 383. The molecule has 0 heterocycles. The number of carboxylic acids is 1. The Kier molecular flexibility index (Phi) is 2.29. The van der Waals surface area contributed by atoms with Crippen molar-refractivity contribution in [2.24, 2.45) is 0 Å². The number of aryl methyl sites for hydroxylation is 2. The average Bonchev–Trinajstić information content (AvgIpc) is 2.83. The molecule has 1 aromatic rings. The van der Waals surface area contributed by atoms with Gasteiger partial charge < -0.3 is 5.11 Å². The van der Waals surface area contributed by atoms with Gasteiger partial charge in [-0.1, -0.05) is 18.2 Å². The van der Waals surface area contributed by atoms with Crippen molar-refractivity contribution in [2.75, 3.05) is 0 Å². The Labute approximate surface area is 89.9 Å². The molecule has 2 heteroatoms. The van der Waals surface area contributed by atoms with Crippen LogP contribution in [0.15, 0.2) is 18.2 Å². The highest BCUT2D eigenvalue weighted by molar-refractivity contribution is 5.70. The average molecular weight is 204 g/mol. The lowest BCUT2D eigenvalue weighted by Crippen LogP contribution is -2.15. The second-order valence-corrected chi connectivity index (χ2v) is 4.62. The molecule has 1 fully saturated rings. The molecule has 80 valence electrons. The number of benzene rings is 1. The van der Waals surface area contributed by atoms with E-state index in [1.54, 1.807) is 0 Å². The standard InChI is InChI=1S/C13H16O2/c1-9-4-3-5-10(2)12(9)13(6-7-13)8-11(14)15/h3-5H,6-8H2,1-2H3,(H,14,15). The largest absolute Gasteiger partial charge is 0.481 e. The fourth-order valence-corrected chi connectivity index (χ4v) is 2.61. The molecule has 1 aliphatic carbocycles. The van der Waals surface area contributed by atoms with E-state index in [1.165, 1.54) is 16.7 Å². The summed E-state index contributed by atoms with van der Waals surface area (Å²) in [6.07, 6.45) is 2.31. The zero-order chi connectivity index (χ0) is 11.1. The summed E-state index contributed by atoms with van der Waals surface area (Å²) in [5, 5.41) is 8.93. The van der Waals surface area contributed by atoms with Gasteiger partial charge in [-0.3, -0.25) is 4.79 Å². The maximum absolute atomic E-state index is 10.9. The summed E-state index contributed by atoms with van der Waals surface area (Å²) >= 11 is 0. The molecule has 15 heavy (non-hydrogen) atoms. The van der Waals surface area contributed by atoms with E-state index in [-0.39, 0.29) is 11.8 Å². The van der Waals surface area contributed by atoms with Gasteiger partial charge in [0.25, 0.3) is 0 Å². The molecule has 1 aliphatic rings. The van der Waals surface area contributed by atoms with Crippen LogP contribution in [-0.4, -0.2) is 11.1 Å². The minimum Gasteiger partial charge on any atom is -0.481 e. The van der Waals surface area contributed by atoms with Crippen LogP contribution in [0, 0.1) is 13.8 Å². The first-order valence-corrected chi connectivity index (χ1v) is 5.34. The van der Waals surface area contributed by atoms with Crippen LogP contribution in [-0.2, 0) is 10.2 Å². The molecule has 0 bridgehead atoms. The van der Waals surface area contributed by atoms with E-state index in [9.17, 15) is 4.79 Å². The van der Waals surface area contributed by atoms with Crippen LogP contribution in [0.3, 0.4) is 0 Å². The van der Waals surface area contributed by atoms with Gasteiger partial charge in [-0.15, -0.1) is 0 Å². The summed E-state index contributed by atoms with van der Waals surface area (Å²) in [7, 11) is 0. The van der Waals surface area contributed by atoms with Gasteiger partial charge in [0.15, 0.2) is 0 Å². The third-order valence-corrected chi connectivity index (χ3v) is 3.35. The van der Waals surface area contributed by atoms with Gasteiger partial charge in [0, 0.05) is 5.41 Å². The molecular weight excluding hydrogens is 188 g/mol. The molecule has 2 nitrogen and oxygen atoms in total. The first kappa shape index (κ1) is 10.2. The number of carbonyl (C=O) groups is 1. The Balaban J connectivity index is 2.41. The summed E-state index contributed by atoms with van der Waals surface area (Å²) in [6.45, 7) is 4.15. The lowest BCUT2D eigenvalue weighted by molar-refractivity contribution is -0.137. The summed E-state index contributed by atoms with van der Waals surface area (Å²) in [4.78, 5) is 10.9. The van der Waals surface area contributed by atoms with Crippen LogP contribution in [0.25, 0.3) is 0 Å². The second kappa shape index (κ2) is 3.37. The van der Waals surface area contributed by atoms with E-state index < -0.39 is 5.97 Å². The molecule has 1 aromatic carbocycles. The first-order valence-electron chi connectivity index (χ1n) is 5.34. The molecule has 0 radical (unpaired) electrons. The molecule has 0 amide bonds. The van der Waals surface area contributed by atoms with Crippen molar-refractivity contribution in [3.63, 3.8) is 0 Å². The Morgan fingerprint density at radius 1 is 1.33 bits per heavy atom. The van der Waals surface area contributed by atoms with Gasteiger partial charge in [0.05, 0.1) is 6.42 Å². The third-order valence-electron chi connectivity index (χ3n) is 3.35. The number of hydrogen-bond donors (Lipinski definition) is 1. The SMILES string of the molecule is Cc1cccc(C)c1C1(CC(=O)O)CC1. The molecule has 0 spiro atoms. The van der Waals surface area contributed by atoms with Gasteiger partial charge in [-0.25, -0.2) is 0 Å². The van der Waals surface area contributed by atoms with Gasteiger partial charge in [0.1, 0.15) is 0 Å². The molecule has 0 aromatic heterocycles. The lowest BCUT2D eigenvalue weighted by atomic mass is 9.86. The molecule has 0 aliphatic heterocycles. The normalized spacial score (nSPS) is 17.5. The highest BCUT2D eigenvalue weighted by Gasteiger charge is 2.47. The molecular formula is C13H16O2. The second-order valence-electron chi connectivity index (χ2n) is 4.62. The molecule has 0 saturated heterocycles. The zero-order valence-corrected chi connectivity index (χ0v) is 9.21. The molecule has 0 atom stereocenters. The zero-order valence-electron chi connectivity index (χ0n) is 9.21. The fourth-order valence-electron chi connectivity index (χ4n) is 2.61. The number of carboxylic acid groups (broad SMARTS) is 1. The van der Waals surface area contributed by atoms with Crippen molar-refractivity contribution in [2.45, 2.75) is 38.5 Å². The van der Waals surface area contributed by atoms with Gasteiger partial charge in [-0.2, -0.15) is 0 Å². The monoisotopic (exact) mass is 204 g/mol. The topological polar surface area (TPSA) is 37.3 Å². The van der Waals surface area contributed by atoms with E-state index in [2.05, 4.69) is 26.0 Å². The van der Waals surface area contributed by atoms with Crippen molar-refractivity contribution in [1.29, 1.82) is 0 Å². The molecule has 1 saturated carbocycles. The summed E-state index contributed by atoms with van der Waals surface area (Å²) in [5.74, 6) is -0.685. The van der Waals surface area contributed by atoms with Crippen LogP contribution >= 0.6 is 0 Å². The lowest BCUT2D eigenvalue weighted by Gasteiger charge is -2.18. The minimum absolute atomic E-state index is 0.0543. The van der Waals surface area contributed by atoms with Crippen molar-refractivity contribution in [3.05, 3.63) is 34.9 Å². The number of aliphatic carboxylic acids is 1. The van der Waals surface area contributed by atoms with Crippen molar-refractivity contribution >= 4 is 5.97 Å². The smallest absolute Gasteiger partial charge is 0.304 e. The van der Waals surface area contributed by atoms with E-state index in [0.29, 0.717) is 0 Å². The van der Waals surface area contributed by atoms with E-state index in [4.69, 9.17) is 5.11 Å². The molecule has 1 N–H and O–H groups in total. The first-order chi connectivity index (χ1) is 7.05. The number of rotatable bonds is 3. The van der Waals surface area contributed by atoms with Crippen LogP contribution in [0.1, 0.15) is 36.0 Å². The predicted molar refractivity (Wildman–Crippen MR) is 59.1 cm³/mol. The summed E-state index contributed by atoms with van der Waals surface area (Å²) in [5.41, 5.74) is 3.68. The van der Waals surface area contributed by atoms with Gasteiger partial charge in [0.2, 0.25) is 0 Å². The minimum atomic E-state index is -0.685. The van der Waals surface area contributed by atoms with Crippen LogP contribution < -0.4 is 0 Å². The molecule has 0 unspecified atom stereocenters. The predicted octanol–water partition coefficient (Wildman–Crippen LogP) is 2.81. The molecule has 2 rings (SSSR count). The third kappa shape index (κ3) is 1.76.